The highest BCUT2D eigenvalue weighted by Crippen LogP contribution is 2.25. The second-order valence-corrected chi connectivity index (χ2v) is 5.89. The Kier molecular flexibility index (Phi) is 6.51. The van der Waals surface area contributed by atoms with Crippen LogP contribution in [0.1, 0.15) is 37.7 Å². The van der Waals surface area contributed by atoms with Crippen molar-refractivity contribution in [3.05, 3.63) is 24.0 Å². The van der Waals surface area contributed by atoms with Crippen molar-refractivity contribution in [2.45, 2.75) is 37.3 Å². The van der Waals surface area contributed by atoms with Crippen molar-refractivity contribution in [3.63, 3.8) is 0 Å². The van der Waals surface area contributed by atoms with Gasteiger partial charge in [-0.2, -0.15) is 0 Å². The molecule has 0 spiro atoms. The van der Waals surface area contributed by atoms with E-state index in [0.29, 0.717) is 18.8 Å². The minimum absolute atomic E-state index is 0.0497. The molecule has 0 bridgehead atoms. The third-order valence-corrected chi connectivity index (χ3v) is 3.90. The van der Waals surface area contributed by atoms with Gasteiger partial charge in [0.05, 0.1) is 6.42 Å². The van der Waals surface area contributed by atoms with Gasteiger partial charge in [0.15, 0.2) is 0 Å². The van der Waals surface area contributed by atoms with Crippen LogP contribution in [-0.2, 0) is 4.79 Å². The highest BCUT2D eigenvalue weighted by Gasteiger charge is 2.15. The topological polar surface area (TPSA) is 70.5 Å². The first kappa shape index (κ1) is 16.5. The number of aromatic nitrogens is 1. The van der Waals surface area contributed by atoms with Crippen molar-refractivity contribution in [1.82, 2.24) is 9.88 Å². The van der Waals surface area contributed by atoms with Gasteiger partial charge in [0.25, 0.3) is 5.91 Å². The van der Waals surface area contributed by atoms with Crippen LogP contribution in [0, 0.1) is 0 Å². The molecular formula is C14H20N2O3S. The molecule has 1 heterocycles. The molecule has 5 nitrogen and oxygen atoms in total. The molecule has 1 atom stereocenters. The van der Waals surface area contributed by atoms with Gasteiger partial charge in [-0.15, -0.1) is 11.8 Å². The van der Waals surface area contributed by atoms with Crippen molar-refractivity contribution in [2.75, 3.05) is 13.1 Å². The van der Waals surface area contributed by atoms with Crippen LogP contribution in [0.15, 0.2) is 23.2 Å². The lowest BCUT2D eigenvalue weighted by Crippen LogP contribution is -2.31. The Balaban J connectivity index is 2.80. The molecule has 1 aromatic heterocycles. The number of aliphatic carboxylic acids is 1. The number of carboxylic acid groups (broad SMARTS) is 1. The molecule has 1 amide bonds. The molecule has 1 aromatic rings. The maximum atomic E-state index is 12.2. The summed E-state index contributed by atoms with van der Waals surface area (Å²) in [6.07, 6.45) is 1.68. The zero-order valence-corrected chi connectivity index (χ0v) is 12.8. The van der Waals surface area contributed by atoms with Crippen LogP contribution in [-0.4, -0.2) is 45.2 Å². The molecule has 0 fully saturated rings. The summed E-state index contributed by atoms with van der Waals surface area (Å²) in [6.45, 7) is 6.99. The van der Waals surface area contributed by atoms with E-state index < -0.39 is 5.97 Å². The molecule has 6 heteroatoms. The Labute approximate surface area is 123 Å². The van der Waals surface area contributed by atoms with Gasteiger partial charge >= 0.3 is 5.97 Å². The number of hydrogen-bond acceptors (Lipinski definition) is 4. The van der Waals surface area contributed by atoms with Gasteiger partial charge in [0.2, 0.25) is 0 Å². The zero-order chi connectivity index (χ0) is 15.1. The van der Waals surface area contributed by atoms with Gasteiger partial charge in [-0.3, -0.25) is 14.6 Å². The van der Waals surface area contributed by atoms with Crippen molar-refractivity contribution in [2.24, 2.45) is 0 Å². The molecule has 0 aliphatic heterocycles. The second-order valence-electron chi connectivity index (χ2n) is 4.38. The van der Waals surface area contributed by atoms with Crippen LogP contribution in [0.2, 0.25) is 0 Å². The Morgan fingerprint density at radius 2 is 2.05 bits per heavy atom. The lowest BCUT2D eigenvalue weighted by Gasteiger charge is -2.18. The van der Waals surface area contributed by atoms with Gasteiger partial charge in [0.1, 0.15) is 5.69 Å². The molecule has 0 aliphatic rings. The maximum Gasteiger partial charge on any atom is 0.304 e. The summed E-state index contributed by atoms with van der Waals surface area (Å²) in [5, 5.41) is 8.71. The Bertz CT molecular complexity index is 475. The van der Waals surface area contributed by atoms with Gasteiger partial charge in [0, 0.05) is 29.4 Å². The third kappa shape index (κ3) is 4.85. The van der Waals surface area contributed by atoms with Gasteiger partial charge in [-0.25, -0.2) is 0 Å². The molecular weight excluding hydrogens is 276 g/mol. The van der Waals surface area contributed by atoms with E-state index in [1.807, 2.05) is 20.8 Å². The third-order valence-electron chi connectivity index (χ3n) is 2.80. The number of carbonyl (C=O) groups is 2. The molecule has 1 rings (SSSR count). The zero-order valence-electron chi connectivity index (χ0n) is 12.0. The molecule has 0 saturated heterocycles. The van der Waals surface area contributed by atoms with Crippen LogP contribution in [0.25, 0.3) is 0 Å². The molecule has 20 heavy (non-hydrogen) atoms. The molecule has 0 radical (unpaired) electrons. The number of carboxylic acids is 1. The average molecular weight is 296 g/mol. The van der Waals surface area contributed by atoms with Gasteiger partial charge in [-0.05, 0) is 26.0 Å². The summed E-state index contributed by atoms with van der Waals surface area (Å²) in [7, 11) is 0. The van der Waals surface area contributed by atoms with Crippen LogP contribution in [0.4, 0.5) is 0 Å². The summed E-state index contributed by atoms with van der Waals surface area (Å²) in [5.74, 6) is -0.915. The number of pyridine rings is 1. The monoisotopic (exact) mass is 296 g/mol. The van der Waals surface area contributed by atoms with Crippen LogP contribution < -0.4 is 0 Å². The van der Waals surface area contributed by atoms with E-state index in [2.05, 4.69) is 4.98 Å². The fourth-order valence-electron chi connectivity index (χ4n) is 1.79. The number of thioether (sulfide) groups is 1. The van der Waals surface area contributed by atoms with E-state index in [-0.39, 0.29) is 17.6 Å². The summed E-state index contributed by atoms with van der Waals surface area (Å²) < 4.78 is 0. The van der Waals surface area contributed by atoms with E-state index in [0.717, 1.165) is 4.90 Å². The standard InChI is InChI=1S/C14H20N2O3S/c1-4-16(5-2)14(19)12-9-11(6-7-15-12)20-10(3)8-13(17)18/h6-7,9-10H,4-5,8H2,1-3H3,(H,17,18). The first-order valence-electron chi connectivity index (χ1n) is 6.61. The molecule has 1 unspecified atom stereocenters. The fourth-order valence-corrected chi connectivity index (χ4v) is 2.80. The van der Waals surface area contributed by atoms with Crippen molar-refractivity contribution >= 4 is 23.6 Å². The maximum absolute atomic E-state index is 12.2. The Hall–Kier alpha value is -1.56. The summed E-state index contributed by atoms with van der Waals surface area (Å²) in [5.41, 5.74) is 0.404. The molecule has 0 saturated carbocycles. The van der Waals surface area contributed by atoms with E-state index in [9.17, 15) is 9.59 Å². The highest BCUT2D eigenvalue weighted by molar-refractivity contribution is 8.00. The average Bonchev–Trinajstić information content (AvgIpc) is 2.39. The number of carbonyl (C=O) groups excluding carboxylic acids is 1. The second kappa shape index (κ2) is 7.89. The Morgan fingerprint density at radius 1 is 1.40 bits per heavy atom. The molecule has 1 N–H and O–H groups in total. The van der Waals surface area contributed by atoms with Gasteiger partial charge < -0.3 is 10.0 Å². The van der Waals surface area contributed by atoms with Gasteiger partial charge in [-0.1, -0.05) is 6.92 Å². The molecule has 0 aromatic carbocycles. The number of rotatable bonds is 7. The smallest absolute Gasteiger partial charge is 0.304 e. The van der Waals surface area contributed by atoms with Crippen molar-refractivity contribution in [1.29, 1.82) is 0 Å². The lowest BCUT2D eigenvalue weighted by atomic mass is 10.3. The van der Waals surface area contributed by atoms with Crippen molar-refractivity contribution < 1.29 is 14.7 Å². The number of hydrogen-bond donors (Lipinski definition) is 1. The lowest BCUT2D eigenvalue weighted by molar-refractivity contribution is -0.136. The predicted octanol–water partition coefficient (Wildman–Crippen LogP) is 2.52. The summed E-state index contributed by atoms with van der Waals surface area (Å²) in [4.78, 5) is 29.5. The van der Waals surface area contributed by atoms with Crippen LogP contribution in [0.3, 0.4) is 0 Å². The normalized spacial score (nSPS) is 11.9. The van der Waals surface area contributed by atoms with E-state index in [1.54, 1.807) is 23.2 Å². The highest BCUT2D eigenvalue weighted by atomic mass is 32.2. The fraction of sp³-hybridized carbons (Fsp3) is 0.500. The Morgan fingerprint density at radius 3 is 2.60 bits per heavy atom. The molecule has 0 aliphatic carbocycles. The minimum atomic E-state index is -0.821. The number of amides is 1. The minimum Gasteiger partial charge on any atom is -0.481 e. The van der Waals surface area contributed by atoms with E-state index in [4.69, 9.17) is 5.11 Å². The van der Waals surface area contributed by atoms with Crippen LogP contribution >= 0.6 is 11.8 Å². The first-order chi connectivity index (χ1) is 9.47. The quantitative estimate of drug-likeness (QED) is 0.783. The van der Waals surface area contributed by atoms with E-state index in [1.165, 1.54) is 11.8 Å². The number of nitrogens with zero attached hydrogens (tertiary/aromatic N) is 2. The predicted molar refractivity (Wildman–Crippen MR) is 79.1 cm³/mol. The SMILES string of the molecule is CCN(CC)C(=O)c1cc(SC(C)CC(=O)O)ccn1. The van der Waals surface area contributed by atoms with Crippen molar-refractivity contribution in [3.8, 4) is 0 Å². The summed E-state index contributed by atoms with van der Waals surface area (Å²) in [6, 6.07) is 3.52. The largest absolute Gasteiger partial charge is 0.481 e. The van der Waals surface area contributed by atoms with Crippen LogP contribution in [0.5, 0.6) is 0 Å². The van der Waals surface area contributed by atoms with E-state index >= 15 is 0 Å². The first-order valence-corrected chi connectivity index (χ1v) is 7.49. The summed E-state index contributed by atoms with van der Waals surface area (Å²) >= 11 is 1.44. The molecule has 110 valence electrons.